The predicted octanol–water partition coefficient (Wildman–Crippen LogP) is 2.52. The largest absolute Gasteiger partial charge is 0.393 e. The predicted molar refractivity (Wildman–Crippen MR) is 89.0 cm³/mol. The van der Waals surface area contributed by atoms with Crippen LogP contribution in [-0.2, 0) is 17.6 Å². The molecular formula is C17H15N3O2S. The fraction of sp³-hybridized carbons (Fsp3) is 0.235. The second-order valence-corrected chi connectivity index (χ2v) is 6.40. The molecule has 0 radical (unpaired) electrons. The third kappa shape index (κ3) is 3.47. The number of aliphatic hydroxyl groups excluding tert-OH is 1. The van der Waals surface area contributed by atoms with E-state index < -0.39 is 0 Å². The maximum absolute atomic E-state index is 12.1. The maximum Gasteiger partial charge on any atom is 0.249 e. The van der Waals surface area contributed by atoms with Gasteiger partial charge < -0.3 is 10.4 Å². The third-order valence-electron chi connectivity index (χ3n) is 3.68. The van der Waals surface area contributed by atoms with E-state index in [0.717, 1.165) is 10.4 Å². The summed E-state index contributed by atoms with van der Waals surface area (Å²) in [5, 5.41) is 22.4. The lowest BCUT2D eigenvalue weighted by Gasteiger charge is -2.16. The Morgan fingerprint density at radius 3 is 3.13 bits per heavy atom. The Morgan fingerprint density at radius 2 is 2.39 bits per heavy atom. The van der Waals surface area contributed by atoms with E-state index in [-0.39, 0.29) is 12.0 Å². The monoisotopic (exact) mass is 325 g/mol. The molecule has 0 aliphatic heterocycles. The standard InChI is InChI=1S/C17H15N3O2S/c18-10-14-13-6-5-12(21)9-15(13)23-17(14)20-16(22)7-4-11-3-1-2-8-19-11/h1-4,7-8,12,21H,5-6,9H2,(H,20,22). The molecule has 23 heavy (non-hydrogen) atoms. The number of fused-ring (bicyclic) bond motifs is 1. The highest BCUT2D eigenvalue weighted by molar-refractivity contribution is 7.16. The van der Waals surface area contributed by atoms with E-state index in [1.807, 2.05) is 6.07 Å². The van der Waals surface area contributed by atoms with Gasteiger partial charge in [-0.15, -0.1) is 11.3 Å². The number of thiophene rings is 1. The van der Waals surface area contributed by atoms with Gasteiger partial charge in [-0.3, -0.25) is 9.78 Å². The van der Waals surface area contributed by atoms with Crippen LogP contribution >= 0.6 is 11.3 Å². The highest BCUT2D eigenvalue weighted by Crippen LogP contribution is 2.37. The molecule has 0 fully saturated rings. The Kier molecular flexibility index (Phi) is 4.51. The fourth-order valence-corrected chi connectivity index (χ4v) is 3.84. The van der Waals surface area contributed by atoms with Crippen molar-refractivity contribution in [1.29, 1.82) is 5.26 Å². The molecule has 0 bridgehead atoms. The minimum absolute atomic E-state index is 0.300. The second kappa shape index (κ2) is 6.73. The van der Waals surface area contributed by atoms with E-state index in [2.05, 4.69) is 16.4 Å². The molecule has 2 aromatic rings. The molecule has 116 valence electrons. The molecule has 0 saturated heterocycles. The zero-order valence-corrected chi connectivity index (χ0v) is 13.1. The van der Waals surface area contributed by atoms with E-state index in [1.165, 1.54) is 17.4 Å². The average molecular weight is 325 g/mol. The van der Waals surface area contributed by atoms with Crippen molar-refractivity contribution in [2.24, 2.45) is 0 Å². The molecule has 6 heteroatoms. The van der Waals surface area contributed by atoms with E-state index in [0.29, 0.717) is 35.5 Å². The summed E-state index contributed by atoms with van der Waals surface area (Å²) in [6.45, 7) is 0. The molecule has 1 aliphatic rings. The molecule has 2 aromatic heterocycles. The van der Waals surface area contributed by atoms with Crippen molar-refractivity contribution >= 4 is 28.3 Å². The second-order valence-electron chi connectivity index (χ2n) is 5.29. The van der Waals surface area contributed by atoms with E-state index in [1.54, 1.807) is 24.4 Å². The number of rotatable bonds is 3. The van der Waals surface area contributed by atoms with Gasteiger partial charge in [0.25, 0.3) is 0 Å². The summed E-state index contributed by atoms with van der Waals surface area (Å²) in [4.78, 5) is 17.2. The maximum atomic E-state index is 12.1. The van der Waals surface area contributed by atoms with Crippen molar-refractivity contribution in [3.05, 3.63) is 52.2 Å². The fourth-order valence-electron chi connectivity index (χ4n) is 2.56. The summed E-state index contributed by atoms with van der Waals surface area (Å²) in [7, 11) is 0. The number of nitrogens with zero attached hydrogens (tertiary/aromatic N) is 2. The molecule has 0 aromatic carbocycles. The molecule has 5 nitrogen and oxygen atoms in total. The van der Waals surface area contributed by atoms with Crippen molar-refractivity contribution in [2.75, 3.05) is 5.32 Å². The van der Waals surface area contributed by atoms with Crippen molar-refractivity contribution < 1.29 is 9.90 Å². The molecule has 3 rings (SSSR count). The minimum Gasteiger partial charge on any atom is -0.393 e. The molecular weight excluding hydrogens is 310 g/mol. The summed E-state index contributed by atoms with van der Waals surface area (Å²) >= 11 is 1.38. The van der Waals surface area contributed by atoms with Crippen LogP contribution in [0.1, 0.15) is 28.1 Å². The Morgan fingerprint density at radius 1 is 1.52 bits per heavy atom. The van der Waals surface area contributed by atoms with Gasteiger partial charge in [0, 0.05) is 23.6 Å². The molecule has 1 atom stereocenters. The van der Waals surface area contributed by atoms with E-state index in [9.17, 15) is 15.2 Å². The molecule has 0 spiro atoms. The molecule has 1 aliphatic carbocycles. The Bertz CT molecular complexity index is 790. The Balaban J connectivity index is 1.77. The lowest BCUT2D eigenvalue weighted by molar-refractivity contribution is -0.111. The van der Waals surface area contributed by atoms with Gasteiger partial charge in [0.2, 0.25) is 5.91 Å². The summed E-state index contributed by atoms with van der Waals surface area (Å²) in [6.07, 6.45) is 6.20. The number of anilines is 1. The topological polar surface area (TPSA) is 86.0 Å². The van der Waals surface area contributed by atoms with Crippen LogP contribution in [-0.4, -0.2) is 22.1 Å². The number of carbonyl (C=O) groups is 1. The van der Waals surface area contributed by atoms with Crippen molar-refractivity contribution in [1.82, 2.24) is 4.98 Å². The molecule has 2 N–H and O–H groups in total. The van der Waals surface area contributed by atoms with Crippen LogP contribution in [0.15, 0.2) is 30.5 Å². The number of hydrogen-bond donors (Lipinski definition) is 2. The summed E-state index contributed by atoms with van der Waals surface area (Å²) in [5.41, 5.74) is 2.18. The van der Waals surface area contributed by atoms with Crippen LogP contribution in [0.5, 0.6) is 0 Å². The van der Waals surface area contributed by atoms with Crippen LogP contribution in [0.3, 0.4) is 0 Å². The van der Waals surface area contributed by atoms with Crippen LogP contribution in [0.4, 0.5) is 5.00 Å². The Labute approximate surface area is 137 Å². The van der Waals surface area contributed by atoms with Gasteiger partial charge in [-0.05, 0) is 36.6 Å². The third-order valence-corrected chi connectivity index (χ3v) is 4.85. The zero-order chi connectivity index (χ0) is 16.2. The quantitative estimate of drug-likeness (QED) is 0.849. The van der Waals surface area contributed by atoms with Gasteiger partial charge >= 0.3 is 0 Å². The van der Waals surface area contributed by atoms with Crippen molar-refractivity contribution in [3.63, 3.8) is 0 Å². The lowest BCUT2D eigenvalue weighted by atomic mass is 9.94. The van der Waals surface area contributed by atoms with Gasteiger partial charge in [0.05, 0.1) is 17.4 Å². The zero-order valence-electron chi connectivity index (χ0n) is 12.3. The normalized spacial score (nSPS) is 16.8. The van der Waals surface area contributed by atoms with Crippen LogP contribution in [0, 0.1) is 11.3 Å². The van der Waals surface area contributed by atoms with E-state index >= 15 is 0 Å². The lowest BCUT2D eigenvalue weighted by Crippen LogP contribution is -2.17. The first-order chi connectivity index (χ1) is 11.2. The van der Waals surface area contributed by atoms with Crippen molar-refractivity contribution in [2.45, 2.75) is 25.4 Å². The molecule has 1 amide bonds. The average Bonchev–Trinajstić information content (AvgIpc) is 2.89. The Hall–Kier alpha value is -2.49. The number of nitriles is 1. The number of hydrogen-bond acceptors (Lipinski definition) is 5. The number of carbonyl (C=O) groups excluding carboxylic acids is 1. The highest BCUT2D eigenvalue weighted by Gasteiger charge is 2.25. The van der Waals surface area contributed by atoms with Crippen molar-refractivity contribution in [3.8, 4) is 6.07 Å². The highest BCUT2D eigenvalue weighted by atomic mass is 32.1. The smallest absolute Gasteiger partial charge is 0.249 e. The van der Waals surface area contributed by atoms with Gasteiger partial charge in [-0.1, -0.05) is 6.07 Å². The first-order valence-electron chi connectivity index (χ1n) is 7.30. The van der Waals surface area contributed by atoms with Crippen LogP contribution in [0.2, 0.25) is 0 Å². The van der Waals surface area contributed by atoms with Gasteiger partial charge in [-0.25, -0.2) is 0 Å². The van der Waals surface area contributed by atoms with Gasteiger partial charge in [0.1, 0.15) is 11.1 Å². The number of amides is 1. The molecule has 1 unspecified atom stereocenters. The van der Waals surface area contributed by atoms with Crippen LogP contribution < -0.4 is 5.32 Å². The number of aliphatic hydroxyl groups is 1. The number of aromatic nitrogens is 1. The minimum atomic E-state index is -0.361. The summed E-state index contributed by atoms with van der Waals surface area (Å²) in [6, 6.07) is 7.63. The van der Waals surface area contributed by atoms with E-state index in [4.69, 9.17) is 0 Å². The van der Waals surface area contributed by atoms with Crippen LogP contribution in [0.25, 0.3) is 6.08 Å². The summed E-state index contributed by atoms with van der Waals surface area (Å²) < 4.78 is 0. The summed E-state index contributed by atoms with van der Waals surface area (Å²) in [5.74, 6) is -0.300. The first-order valence-corrected chi connectivity index (χ1v) is 8.12. The number of pyridine rings is 1. The van der Waals surface area contributed by atoms with Gasteiger partial charge in [-0.2, -0.15) is 5.26 Å². The first kappa shape index (κ1) is 15.4. The molecule has 0 saturated carbocycles. The molecule has 2 heterocycles. The SMILES string of the molecule is N#Cc1c(NC(=O)C=Cc2ccccn2)sc2c1CCC(O)C2. The number of nitrogens with one attached hydrogen (secondary N) is 1. The van der Waals surface area contributed by atoms with Gasteiger partial charge in [0.15, 0.2) is 0 Å².